The Bertz CT molecular complexity index is 181. The first-order valence-electron chi connectivity index (χ1n) is 6.47. The van der Waals surface area contributed by atoms with Crippen molar-refractivity contribution in [3.8, 4) is 0 Å². The van der Waals surface area contributed by atoms with Gasteiger partial charge in [-0.05, 0) is 45.7 Å². The highest BCUT2D eigenvalue weighted by atomic mass is 15.2. The lowest BCUT2D eigenvalue weighted by molar-refractivity contribution is 0.193. The molecule has 2 rings (SSSR count). The van der Waals surface area contributed by atoms with Gasteiger partial charge in [0.1, 0.15) is 0 Å². The Hall–Kier alpha value is -0.120. The summed E-state index contributed by atoms with van der Waals surface area (Å²) in [5.74, 6) is 0. The zero-order valence-corrected chi connectivity index (χ0v) is 10.0. The van der Waals surface area contributed by atoms with E-state index in [1.807, 2.05) is 0 Å². The summed E-state index contributed by atoms with van der Waals surface area (Å²) in [6.07, 6.45) is 5.46. The normalized spacial score (nSPS) is 27.0. The van der Waals surface area contributed by atoms with Crippen molar-refractivity contribution in [2.75, 3.05) is 39.3 Å². The number of hydrogen-bond donors (Lipinski definition) is 2. The Labute approximate surface area is 93.6 Å². The second-order valence-corrected chi connectivity index (χ2v) is 5.29. The van der Waals surface area contributed by atoms with Crippen LogP contribution in [-0.4, -0.2) is 49.7 Å². The topological polar surface area (TPSA) is 27.3 Å². The van der Waals surface area contributed by atoms with Crippen molar-refractivity contribution in [1.29, 1.82) is 0 Å². The lowest BCUT2D eigenvalue weighted by Gasteiger charge is -2.40. The van der Waals surface area contributed by atoms with Gasteiger partial charge >= 0.3 is 0 Å². The van der Waals surface area contributed by atoms with Gasteiger partial charge in [0.15, 0.2) is 0 Å². The van der Waals surface area contributed by atoms with E-state index in [0.29, 0.717) is 5.54 Å². The predicted molar refractivity (Wildman–Crippen MR) is 64.2 cm³/mol. The van der Waals surface area contributed by atoms with Gasteiger partial charge in [-0.1, -0.05) is 0 Å². The van der Waals surface area contributed by atoms with E-state index in [2.05, 4.69) is 22.5 Å². The monoisotopic (exact) mass is 211 g/mol. The van der Waals surface area contributed by atoms with Crippen LogP contribution in [-0.2, 0) is 0 Å². The summed E-state index contributed by atoms with van der Waals surface area (Å²) in [6.45, 7) is 9.59. The molecule has 88 valence electrons. The molecule has 3 heteroatoms. The van der Waals surface area contributed by atoms with Crippen molar-refractivity contribution in [2.45, 2.75) is 38.1 Å². The smallest absolute Gasteiger partial charge is 0.0153 e. The molecule has 0 bridgehead atoms. The molecule has 3 nitrogen and oxygen atoms in total. The van der Waals surface area contributed by atoms with Crippen LogP contribution in [0.5, 0.6) is 0 Å². The number of hydrogen-bond acceptors (Lipinski definition) is 3. The van der Waals surface area contributed by atoms with E-state index in [0.717, 1.165) is 13.1 Å². The van der Waals surface area contributed by atoms with Gasteiger partial charge in [-0.25, -0.2) is 0 Å². The van der Waals surface area contributed by atoms with Crippen molar-refractivity contribution in [3.63, 3.8) is 0 Å². The maximum atomic E-state index is 3.70. The first-order valence-corrected chi connectivity index (χ1v) is 6.47. The van der Waals surface area contributed by atoms with Crippen molar-refractivity contribution in [1.82, 2.24) is 15.5 Å². The molecule has 2 fully saturated rings. The van der Waals surface area contributed by atoms with Crippen molar-refractivity contribution in [2.24, 2.45) is 0 Å². The third-order valence-electron chi connectivity index (χ3n) is 3.87. The molecule has 1 aliphatic carbocycles. The quantitative estimate of drug-likeness (QED) is 0.721. The molecule has 0 aromatic carbocycles. The average Bonchev–Trinajstić information content (AvgIpc) is 2.44. The summed E-state index contributed by atoms with van der Waals surface area (Å²) in [7, 11) is 0. The number of nitrogens with one attached hydrogen (secondary N) is 2. The van der Waals surface area contributed by atoms with E-state index >= 15 is 0 Å². The van der Waals surface area contributed by atoms with E-state index in [1.165, 1.54) is 51.9 Å². The fourth-order valence-electron chi connectivity index (χ4n) is 2.52. The summed E-state index contributed by atoms with van der Waals surface area (Å²) in [4.78, 5) is 2.58. The zero-order chi connectivity index (χ0) is 10.6. The zero-order valence-electron chi connectivity index (χ0n) is 10.0. The molecule has 0 radical (unpaired) electrons. The van der Waals surface area contributed by atoms with Crippen LogP contribution in [0.3, 0.4) is 0 Å². The Balaban J connectivity index is 1.59. The molecule has 1 saturated heterocycles. The van der Waals surface area contributed by atoms with Gasteiger partial charge in [-0.3, -0.25) is 0 Å². The highest BCUT2D eigenvalue weighted by Gasteiger charge is 2.30. The van der Waals surface area contributed by atoms with Gasteiger partial charge in [0.05, 0.1) is 0 Å². The molecular weight excluding hydrogens is 186 g/mol. The van der Waals surface area contributed by atoms with Gasteiger partial charge in [0.2, 0.25) is 0 Å². The summed E-state index contributed by atoms with van der Waals surface area (Å²) in [5, 5.41) is 7.15. The minimum Gasteiger partial charge on any atom is -0.315 e. The third kappa shape index (κ3) is 3.44. The summed E-state index contributed by atoms with van der Waals surface area (Å²) in [5.41, 5.74) is 0.476. The van der Waals surface area contributed by atoms with Gasteiger partial charge in [0.25, 0.3) is 0 Å². The molecule has 15 heavy (non-hydrogen) atoms. The lowest BCUT2D eigenvalue weighted by Crippen LogP contribution is -2.50. The molecule has 1 aliphatic heterocycles. The molecule has 0 atom stereocenters. The van der Waals surface area contributed by atoms with Gasteiger partial charge < -0.3 is 15.5 Å². The Kier molecular flexibility index (Phi) is 4.00. The molecular formula is C12H25N3. The van der Waals surface area contributed by atoms with Crippen LogP contribution < -0.4 is 10.6 Å². The maximum Gasteiger partial charge on any atom is 0.0153 e. The molecule has 0 aromatic heterocycles. The maximum absolute atomic E-state index is 3.70. The standard InChI is InChI=1S/C12H25N3/c1-12(4-2-5-12)14-8-11-15-9-3-6-13-7-10-15/h13-14H,2-11H2,1H3. The van der Waals surface area contributed by atoms with Crippen LogP contribution >= 0.6 is 0 Å². The summed E-state index contributed by atoms with van der Waals surface area (Å²) in [6, 6.07) is 0. The molecule has 2 N–H and O–H groups in total. The van der Waals surface area contributed by atoms with Crippen LogP contribution in [0.1, 0.15) is 32.6 Å². The van der Waals surface area contributed by atoms with Gasteiger partial charge in [-0.2, -0.15) is 0 Å². The van der Waals surface area contributed by atoms with Crippen molar-refractivity contribution < 1.29 is 0 Å². The first-order chi connectivity index (χ1) is 7.29. The van der Waals surface area contributed by atoms with E-state index in [4.69, 9.17) is 0 Å². The van der Waals surface area contributed by atoms with Crippen molar-refractivity contribution >= 4 is 0 Å². The van der Waals surface area contributed by atoms with Crippen LogP contribution in [0.2, 0.25) is 0 Å². The SMILES string of the molecule is CC1(NCCN2CCCNCC2)CCC1. The number of rotatable bonds is 4. The second-order valence-electron chi connectivity index (χ2n) is 5.29. The fourth-order valence-corrected chi connectivity index (χ4v) is 2.52. The van der Waals surface area contributed by atoms with E-state index < -0.39 is 0 Å². The Morgan fingerprint density at radius 3 is 2.80 bits per heavy atom. The molecule has 0 aromatic rings. The van der Waals surface area contributed by atoms with E-state index in [9.17, 15) is 0 Å². The molecule has 1 heterocycles. The first kappa shape index (κ1) is 11.4. The van der Waals surface area contributed by atoms with E-state index in [1.54, 1.807) is 0 Å². The highest BCUT2D eigenvalue weighted by Crippen LogP contribution is 2.30. The lowest BCUT2D eigenvalue weighted by atomic mass is 9.78. The number of nitrogens with zero attached hydrogens (tertiary/aromatic N) is 1. The minimum atomic E-state index is 0.476. The van der Waals surface area contributed by atoms with Crippen LogP contribution in [0, 0.1) is 0 Å². The van der Waals surface area contributed by atoms with E-state index in [-0.39, 0.29) is 0 Å². The largest absolute Gasteiger partial charge is 0.315 e. The molecule has 0 amide bonds. The molecule has 1 saturated carbocycles. The summed E-state index contributed by atoms with van der Waals surface area (Å²) < 4.78 is 0. The van der Waals surface area contributed by atoms with Crippen molar-refractivity contribution in [3.05, 3.63) is 0 Å². The van der Waals surface area contributed by atoms with Crippen LogP contribution in [0.25, 0.3) is 0 Å². The second kappa shape index (κ2) is 5.28. The Morgan fingerprint density at radius 2 is 2.07 bits per heavy atom. The molecule has 0 spiro atoms. The fraction of sp³-hybridized carbons (Fsp3) is 1.00. The van der Waals surface area contributed by atoms with Crippen LogP contribution in [0.15, 0.2) is 0 Å². The minimum absolute atomic E-state index is 0.476. The molecule has 0 unspecified atom stereocenters. The third-order valence-corrected chi connectivity index (χ3v) is 3.87. The van der Waals surface area contributed by atoms with Gasteiger partial charge in [0, 0.05) is 31.7 Å². The molecule has 2 aliphatic rings. The van der Waals surface area contributed by atoms with Gasteiger partial charge in [-0.15, -0.1) is 0 Å². The average molecular weight is 211 g/mol. The predicted octanol–water partition coefficient (Wildman–Crippen LogP) is 0.814. The van der Waals surface area contributed by atoms with Crippen LogP contribution in [0.4, 0.5) is 0 Å². The summed E-state index contributed by atoms with van der Waals surface area (Å²) >= 11 is 0. The highest BCUT2D eigenvalue weighted by molar-refractivity contribution is 4.91. The Morgan fingerprint density at radius 1 is 1.20 bits per heavy atom.